The first-order chi connectivity index (χ1) is 18.7. The van der Waals surface area contributed by atoms with Crippen molar-refractivity contribution in [3.8, 4) is 0 Å². The maximum absolute atomic E-state index is 10.6. The third-order valence-corrected chi connectivity index (χ3v) is 4.63. The molecule has 1 aliphatic rings. The van der Waals surface area contributed by atoms with Crippen LogP contribution in [0.15, 0.2) is 49.1 Å². The molecule has 2 atom stereocenters. The lowest BCUT2D eigenvalue weighted by atomic mass is 10.0. The lowest BCUT2D eigenvalue weighted by molar-refractivity contribution is -0.193. The number of hydrogen-bond acceptors (Lipinski definition) is 7. The van der Waals surface area contributed by atoms with E-state index in [1.807, 2.05) is 24.5 Å². The number of aliphatic carboxylic acids is 3. The van der Waals surface area contributed by atoms with Crippen molar-refractivity contribution in [2.75, 3.05) is 6.54 Å². The van der Waals surface area contributed by atoms with Gasteiger partial charge in [0.1, 0.15) is 0 Å². The van der Waals surface area contributed by atoms with Crippen LogP contribution in [0.5, 0.6) is 0 Å². The van der Waals surface area contributed by atoms with E-state index in [0.29, 0.717) is 0 Å². The fraction of sp³-hybridized carbons (Fsp3) is 0.409. The van der Waals surface area contributed by atoms with Crippen molar-refractivity contribution in [3.05, 3.63) is 60.2 Å². The molecule has 19 heteroatoms. The van der Waals surface area contributed by atoms with E-state index >= 15 is 0 Å². The molecule has 3 rings (SSSR count). The molecule has 0 aliphatic carbocycles. The topological polar surface area (TPSA) is 161 Å². The van der Waals surface area contributed by atoms with Crippen molar-refractivity contribution in [1.29, 1.82) is 0 Å². The molecule has 0 unspecified atom stereocenters. The number of hydrogen-bond donors (Lipinski definition) is 4. The van der Waals surface area contributed by atoms with E-state index in [9.17, 15) is 44.6 Å². The summed E-state index contributed by atoms with van der Waals surface area (Å²) in [5.41, 5.74) is 2.37. The minimum absolute atomic E-state index is 0.166. The highest BCUT2D eigenvalue weighted by atomic mass is 19.4. The average molecular weight is 611 g/mol. The van der Waals surface area contributed by atoms with E-state index in [2.05, 4.69) is 27.0 Å². The summed E-state index contributed by atoms with van der Waals surface area (Å²) in [6.07, 6.45) is -6.48. The molecular weight excluding hydrogens is 589 g/mol. The van der Waals surface area contributed by atoms with Crippen LogP contribution in [0.4, 0.5) is 39.5 Å². The highest BCUT2D eigenvalue weighted by molar-refractivity contribution is 5.73. The quantitative estimate of drug-likeness (QED) is 0.377. The van der Waals surface area contributed by atoms with Crippen molar-refractivity contribution in [1.82, 2.24) is 14.9 Å². The SMILES string of the molecule is O=C(O)C(F)(F)F.O=C(O)C(F)(F)F.O=C(O)C(F)(F)F.O[C@@H]1CCN(Cc2cccnc2)[C@H]1Cc1cccnc1. The molecule has 0 radical (unpaired) electrons. The molecule has 0 aromatic carbocycles. The number of carboxylic acids is 3. The zero-order valence-corrected chi connectivity index (χ0v) is 20.4. The van der Waals surface area contributed by atoms with Gasteiger partial charge in [-0.2, -0.15) is 39.5 Å². The van der Waals surface area contributed by atoms with Crippen molar-refractivity contribution < 1.29 is 74.3 Å². The maximum Gasteiger partial charge on any atom is 0.490 e. The fourth-order valence-corrected chi connectivity index (χ4v) is 2.85. The monoisotopic (exact) mass is 611 g/mol. The second-order valence-corrected chi connectivity index (χ2v) is 7.73. The standard InChI is InChI=1S/C16H19N3O.3C2HF3O2/c20-16-5-8-19(12-14-4-2-7-18-11-14)15(16)9-13-3-1-6-17-10-13;3*3-2(4,5)1(6)7/h1-4,6-7,10-11,15-16,20H,5,8-9,12H2;3*(H,6,7)/t15-,16+;;;/m0.../s1. The zero-order valence-electron chi connectivity index (χ0n) is 20.4. The second-order valence-electron chi connectivity index (χ2n) is 7.73. The number of aliphatic hydroxyl groups excluding tert-OH is 1. The summed E-state index contributed by atoms with van der Waals surface area (Å²) in [7, 11) is 0. The number of carbonyl (C=O) groups is 3. The van der Waals surface area contributed by atoms with Crippen LogP contribution in [0.2, 0.25) is 0 Å². The summed E-state index contributed by atoms with van der Waals surface area (Å²) in [4.78, 5) is 37.3. The zero-order chi connectivity index (χ0) is 32.0. The van der Waals surface area contributed by atoms with Gasteiger partial charge in [0.2, 0.25) is 0 Å². The minimum atomic E-state index is -5.08. The Morgan fingerprint density at radius 1 is 0.756 bits per heavy atom. The van der Waals surface area contributed by atoms with Crippen molar-refractivity contribution in [2.45, 2.75) is 50.1 Å². The number of alkyl halides is 9. The summed E-state index contributed by atoms with van der Waals surface area (Å²) in [5, 5.41) is 31.6. The molecule has 1 aliphatic heterocycles. The van der Waals surface area contributed by atoms with Gasteiger partial charge in [-0.05, 0) is 36.1 Å². The van der Waals surface area contributed by atoms with E-state index in [4.69, 9.17) is 29.7 Å². The smallest absolute Gasteiger partial charge is 0.475 e. The predicted molar refractivity (Wildman–Crippen MR) is 118 cm³/mol. The molecule has 0 bridgehead atoms. The summed E-state index contributed by atoms with van der Waals surface area (Å²) >= 11 is 0. The summed E-state index contributed by atoms with van der Waals surface area (Å²) < 4.78 is 95.2. The van der Waals surface area contributed by atoms with E-state index in [1.54, 1.807) is 12.4 Å². The van der Waals surface area contributed by atoms with Crippen molar-refractivity contribution in [3.63, 3.8) is 0 Å². The van der Waals surface area contributed by atoms with Crippen LogP contribution >= 0.6 is 0 Å². The van der Waals surface area contributed by atoms with Gasteiger partial charge < -0.3 is 20.4 Å². The summed E-state index contributed by atoms with van der Waals surface area (Å²) in [6, 6.07) is 8.22. The fourth-order valence-electron chi connectivity index (χ4n) is 2.85. The lowest BCUT2D eigenvalue weighted by Crippen LogP contribution is -2.36. The van der Waals surface area contributed by atoms with E-state index in [-0.39, 0.29) is 12.1 Å². The van der Waals surface area contributed by atoms with Gasteiger partial charge in [-0.3, -0.25) is 14.9 Å². The highest BCUT2D eigenvalue weighted by Crippen LogP contribution is 2.23. The second kappa shape index (κ2) is 16.3. The highest BCUT2D eigenvalue weighted by Gasteiger charge is 2.39. The third-order valence-electron chi connectivity index (χ3n) is 4.63. The molecule has 41 heavy (non-hydrogen) atoms. The Morgan fingerprint density at radius 3 is 1.44 bits per heavy atom. The van der Waals surface area contributed by atoms with Gasteiger partial charge in [0.15, 0.2) is 0 Å². The molecule has 0 saturated carbocycles. The van der Waals surface area contributed by atoms with Gasteiger partial charge in [-0.1, -0.05) is 12.1 Å². The van der Waals surface area contributed by atoms with Crippen molar-refractivity contribution >= 4 is 17.9 Å². The molecule has 0 spiro atoms. The van der Waals surface area contributed by atoms with Crippen LogP contribution in [0.25, 0.3) is 0 Å². The number of likely N-dealkylation sites (tertiary alicyclic amines) is 1. The van der Waals surface area contributed by atoms with Crippen LogP contribution in [0, 0.1) is 0 Å². The number of rotatable bonds is 4. The average Bonchev–Trinajstić information content (AvgIpc) is 3.18. The first-order valence-corrected chi connectivity index (χ1v) is 10.8. The number of carboxylic acid groups (broad SMARTS) is 3. The number of aliphatic hydroxyl groups is 1. The number of pyridine rings is 2. The molecule has 4 N–H and O–H groups in total. The molecular formula is C22H22F9N3O7. The van der Waals surface area contributed by atoms with E-state index in [1.165, 1.54) is 11.1 Å². The number of aromatic nitrogens is 2. The van der Waals surface area contributed by atoms with Gasteiger partial charge >= 0.3 is 36.4 Å². The summed E-state index contributed by atoms with van der Waals surface area (Å²) in [5.74, 6) is -8.27. The van der Waals surface area contributed by atoms with Gasteiger partial charge in [0, 0.05) is 43.9 Å². The first kappa shape index (κ1) is 37.0. The molecule has 2 aromatic rings. The molecule has 1 fully saturated rings. The largest absolute Gasteiger partial charge is 0.490 e. The molecule has 3 heterocycles. The normalized spacial score (nSPS) is 17.0. The Bertz CT molecular complexity index is 1030. The Labute approximate surface area is 224 Å². The number of halogens is 9. The van der Waals surface area contributed by atoms with Gasteiger partial charge in [-0.15, -0.1) is 0 Å². The Morgan fingerprint density at radius 2 is 1.12 bits per heavy atom. The predicted octanol–water partition coefficient (Wildman–Crippen LogP) is 3.55. The minimum Gasteiger partial charge on any atom is -0.475 e. The molecule has 0 amide bonds. The van der Waals surface area contributed by atoms with Gasteiger partial charge in [0.05, 0.1) is 6.10 Å². The lowest BCUT2D eigenvalue weighted by Gasteiger charge is -2.26. The Kier molecular flexibility index (Phi) is 14.7. The number of nitrogens with zero attached hydrogens (tertiary/aromatic N) is 3. The Balaban J connectivity index is 0.000000631. The Hall–Kier alpha value is -4.00. The first-order valence-electron chi connectivity index (χ1n) is 10.8. The molecule has 2 aromatic heterocycles. The van der Waals surface area contributed by atoms with Crippen LogP contribution in [-0.2, 0) is 27.3 Å². The molecule has 10 nitrogen and oxygen atoms in total. The van der Waals surface area contributed by atoms with Gasteiger partial charge in [-0.25, -0.2) is 14.4 Å². The van der Waals surface area contributed by atoms with Crippen LogP contribution in [-0.4, -0.2) is 90.4 Å². The van der Waals surface area contributed by atoms with Crippen molar-refractivity contribution in [2.24, 2.45) is 0 Å². The van der Waals surface area contributed by atoms with E-state index < -0.39 is 36.4 Å². The van der Waals surface area contributed by atoms with Crippen LogP contribution < -0.4 is 0 Å². The van der Waals surface area contributed by atoms with E-state index in [0.717, 1.165) is 25.9 Å². The maximum atomic E-state index is 10.6. The summed E-state index contributed by atoms with van der Waals surface area (Å²) in [6.45, 7) is 1.77. The van der Waals surface area contributed by atoms with Crippen LogP contribution in [0.1, 0.15) is 17.5 Å². The molecule has 1 saturated heterocycles. The van der Waals surface area contributed by atoms with Gasteiger partial charge in [0.25, 0.3) is 0 Å². The van der Waals surface area contributed by atoms with Crippen LogP contribution in [0.3, 0.4) is 0 Å². The third kappa shape index (κ3) is 16.0. The molecule has 230 valence electrons.